The van der Waals surface area contributed by atoms with Crippen molar-refractivity contribution in [1.82, 2.24) is 9.78 Å². The summed E-state index contributed by atoms with van der Waals surface area (Å²) < 4.78 is 1.66. The SMILES string of the molecule is CCc1c(CC(C)C)nn(-c2cccc(C)c2)c1O. The van der Waals surface area contributed by atoms with E-state index in [0.29, 0.717) is 5.92 Å². The molecular formula is C16H22N2O. The Balaban J connectivity index is 2.49. The molecule has 0 spiro atoms. The zero-order valence-electron chi connectivity index (χ0n) is 12.1. The monoisotopic (exact) mass is 258 g/mol. The second-order valence-corrected chi connectivity index (χ2v) is 5.45. The molecule has 0 amide bonds. The number of rotatable bonds is 4. The zero-order valence-corrected chi connectivity index (χ0v) is 12.1. The minimum Gasteiger partial charge on any atom is -0.493 e. The molecule has 1 aromatic carbocycles. The van der Waals surface area contributed by atoms with Gasteiger partial charge in [-0.1, -0.05) is 32.9 Å². The molecule has 1 heterocycles. The molecule has 0 saturated heterocycles. The smallest absolute Gasteiger partial charge is 0.217 e. The van der Waals surface area contributed by atoms with Gasteiger partial charge in [-0.05, 0) is 43.4 Å². The van der Waals surface area contributed by atoms with E-state index in [1.807, 2.05) is 31.2 Å². The van der Waals surface area contributed by atoms with Gasteiger partial charge < -0.3 is 5.11 Å². The van der Waals surface area contributed by atoms with Crippen molar-refractivity contribution >= 4 is 0 Å². The second kappa shape index (κ2) is 5.47. The number of aryl methyl sites for hydroxylation is 1. The fourth-order valence-electron chi connectivity index (χ4n) is 2.34. The highest BCUT2D eigenvalue weighted by atomic mass is 16.3. The Kier molecular flexibility index (Phi) is 3.93. The van der Waals surface area contributed by atoms with Crippen molar-refractivity contribution in [2.75, 3.05) is 0 Å². The quantitative estimate of drug-likeness (QED) is 0.909. The third kappa shape index (κ3) is 2.80. The van der Waals surface area contributed by atoms with Crippen molar-refractivity contribution in [2.24, 2.45) is 5.92 Å². The van der Waals surface area contributed by atoms with Crippen LogP contribution in [0.5, 0.6) is 5.88 Å². The molecule has 0 saturated carbocycles. The van der Waals surface area contributed by atoms with E-state index < -0.39 is 0 Å². The third-order valence-corrected chi connectivity index (χ3v) is 3.24. The molecule has 0 aliphatic carbocycles. The van der Waals surface area contributed by atoms with Gasteiger partial charge in [0.15, 0.2) is 0 Å². The first-order valence-electron chi connectivity index (χ1n) is 6.89. The van der Waals surface area contributed by atoms with Crippen LogP contribution in [0.25, 0.3) is 5.69 Å². The van der Waals surface area contributed by atoms with Crippen LogP contribution in [0.1, 0.15) is 37.6 Å². The fraction of sp³-hybridized carbons (Fsp3) is 0.438. The maximum atomic E-state index is 10.4. The lowest BCUT2D eigenvalue weighted by Gasteiger charge is -2.04. The average molecular weight is 258 g/mol. The molecule has 0 bridgehead atoms. The minimum atomic E-state index is 0.281. The average Bonchev–Trinajstić information content (AvgIpc) is 2.65. The molecule has 0 atom stereocenters. The van der Waals surface area contributed by atoms with Crippen LogP contribution in [-0.4, -0.2) is 14.9 Å². The highest BCUT2D eigenvalue weighted by Gasteiger charge is 2.17. The van der Waals surface area contributed by atoms with Crippen LogP contribution in [0, 0.1) is 12.8 Å². The predicted octanol–water partition coefficient (Wildman–Crippen LogP) is 3.65. The normalized spacial score (nSPS) is 11.2. The summed E-state index contributed by atoms with van der Waals surface area (Å²) in [5.41, 5.74) is 4.06. The Hall–Kier alpha value is -1.77. The number of hydrogen-bond acceptors (Lipinski definition) is 2. The summed E-state index contributed by atoms with van der Waals surface area (Å²) in [6, 6.07) is 8.03. The lowest BCUT2D eigenvalue weighted by atomic mass is 10.0. The van der Waals surface area contributed by atoms with Gasteiger partial charge in [0.1, 0.15) is 0 Å². The van der Waals surface area contributed by atoms with Crippen LogP contribution >= 0.6 is 0 Å². The second-order valence-electron chi connectivity index (χ2n) is 5.45. The molecule has 3 heteroatoms. The molecule has 2 rings (SSSR count). The molecule has 3 nitrogen and oxygen atoms in total. The van der Waals surface area contributed by atoms with Crippen molar-refractivity contribution < 1.29 is 5.11 Å². The summed E-state index contributed by atoms with van der Waals surface area (Å²) in [5.74, 6) is 0.814. The van der Waals surface area contributed by atoms with Crippen LogP contribution in [0.15, 0.2) is 24.3 Å². The molecule has 1 aromatic heterocycles. The van der Waals surface area contributed by atoms with Gasteiger partial charge in [-0.3, -0.25) is 0 Å². The van der Waals surface area contributed by atoms with Gasteiger partial charge >= 0.3 is 0 Å². The Morgan fingerprint density at radius 2 is 2.05 bits per heavy atom. The van der Waals surface area contributed by atoms with E-state index in [0.717, 1.165) is 35.3 Å². The number of aromatic nitrogens is 2. The molecule has 1 N–H and O–H groups in total. The third-order valence-electron chi connectivity index (χ3n) is 3.24. The van der Waals surface area contributed by atoms with E-state index in [1.165, 1.54) is 0 Å². The van der Waals surface area contributed by atoms with Gasteiger partial charge in [0, 0.05) is 5.56 Å². The lowest BCUT2D eigenvalue weighted by Crippen LogP contribution is -2.00. The van der Waals surface area contributed by atoms with Crippen molar-refractivity contribution in [3.05, 3.63) is 41.1 Å². The van der Waals surface area contributed by atoms with Gasteiger partial charge in [-0.2, -0.15) is 5.10 Å². The Morgan fingerprint density at radius 1 is 1.32 bits per heavy atom. The van der Waals surface area contributed by atoms with Crippen LogP contribution in [-0.2, 0) is 12.8 Å². The summed E-state index contributed by atoms with van der Waals surface area (Å²) in [6.45, 7) is 8.44. The van der Waals surface area contributed by atoms with Crippen molar-refractivity contribution in [3.8, 4) is 11.6 Å². The van der Waals surface area contributed by atoms with Crippen LogP contribution < -0.4 is 0 Å². The molecule has 0 radical (unpaired) electrons. The van der Waals surface area contributed by atoms with E-state index >= 15 is 0 Å². The Labute approximate surface area is 114 Å². The van der Waals surface area contributed by atoms with E-state index in [9.17, 15) is 5.11 Å². The summed E-state index contributed by atoms with van der Waals surface area (Å²) in [4.78, 5) is 0. The predicted molar refractivity (Wildman–Crippen MR) is 77.9 cm³/mol. The van der Waals surface area contributed by atoms with Crippen molar-refractivity contribution in [1.29, 1.82) is 0 Å². The maximum Gasteiger partial charge on any atom is 0.217 e. The standard InChI is InChI=1S/C16H22N2O/c1-5-14-15(9-11(2)3)17-18(16(14)19)13-8-6-7-12(4)10-13/h6-8,10-11,19H,5,9H2,1-4H3. The van der Waals surface area contributed by atoms with Crippen LogP contribution in [0.4, 0.5) is 0 Å². The molecule has 0 fully saturated rings. The van der Waals surface area contributed by atoms with E-state index in [2.05, 4.69) is 25.9 Å². The topological polar surface area (TPSA) is 38.0 Å². The summed E-state index contributed by atoms with van der Waals surface area (Å²) >= 11 is 0. The lowest BCUT2D eigenvalue weighted by molar-refractivity contribution is 0.428. The number of aromatic hydroxyl groups is 1. The summed E-state index contributed by atoms with van der Waals surface area (Å²) in [6.07, 6.45) is 1.70. The first-order chi connectivity index (χ1) is 9.02. The first kappa shape index (κ1) is 13.7. The van der Waals surface area contributed by atoms with Gasteiger partial charge in [-0.15, -0.1) is 0 Å². The molecule has 19 heavy (non-hydrogen) atoms. The van der Waals surface area contributed by atoms with Gasteiger partial charge in [-0.25, -0.2) is 4.68 Å². The van der Waals surface area contributed by atoms with Gasteiger partial charge in [0.25, 0.3) is 0 Å². The van der Waals surface area contributed by atoms with Gasteiger partial charge in [0.2, 0.25) is 5.88 Å². The van der Waals surface area contributed by atoms with Crippen LogP contribution in [0.2, 0.25) is 0 Å². The van der Waals surface area contributed by atoms with E-state index in [-0.39, 0.29) is 5.88 Å². The Bertz CT molecular complexity index is 570. The summed E-state index contributed by atoms with van der Waals surface area (Å²) in [5, 5.41) is 15.0. The maximum absolute atomic E-state index is 10.4. The summed E-state index contributed by atoms with van der Waals surface area (Å²) in [7, 11) is 0. The Morgan fingerprint density at radius 3 is 2.63 bits per heavy atom. The largest absolute Gasteiger partial charge is 0.493 e. The highest BCUT2D eigenvalue weighted by Crippen LogP contribution is 2.27. The molecule has 102 valence electrons. The zero-order chi connectivity index (χ0) is 14.0. The minimum absolute atomic E-state index is 0.281. The molecule has 2 aromatic rings. The van der Waals surface area contributed by atoms with E-state index in [1.54, 1.807) is 4.68 Å². The number of hydrogen-bond donors (Lipinski definition) is 1. The molecule has 0 aliphatic heterocycles. The first-order valence-corrected chi connectivity index (χ1v) is 6.89. The number of nitrogens with zero attached hydrogens (tertiary/aromatic N) is 2. The molecule has 0 aliphatic rings. The number of benzene rings is 1. The van der Waals surface area contributed by atoms with E-state index in [4.69, 9.17) is 0 Å². The van der Waals surface area contributed by atoms with Crippen molar-refractivity contribution in [2.45, 2.75) is 40.5 Å². The van der Waals surface area contributed by atoms with Crippen molar-refractivity contribution in [3.63, 3.8) is 0 Å². The fourth-order valence-corrected chi connectivity index (χ4v) is 2.34. The van der Waals surface area contributed by atoms with Crippen LogP contribution in [0.3, 0.4) is 0 Å². The molecule has 0 unspecified atom stereocenters. The highest BCUT2D eigenvalue weighted by molar-refractivity contribution is 5.42. The van der Waals surface area contributed by atoms with Gasteiger partial charge in [0.05, 0.1) is 11.4 Å². The molecular weight excluding hydrogens is 236 g/mol.